The second-order valence-corrected chi connectivity index (χ2v) is 4.31. The van der Waals surface area contributed by atoms with Crippen LogP contribution in [0.2, 0.25) is 0 Å². The van der Waals surface area contributed by atoms with Crippen LogP contribution in [0.3, 0.4) is 0 Å². The predicted molar refractivity (Wildman–Crippen MR) is 70.6 cm³/mol. The molecule has 3 N–H and O–H groups in total. The summed E-state index contributed by atoms with van der Waals surface area (Å²) in [6, 6.07) is 1.39. The van der Waals surface area contributed by atoms with Crippen molar-refractivity contribution in [1.82, 2.24) is 9.97 Å². The number of aliphatic hydroxyl groups is 1. The minimum absolute atomic E-state index is 0.0402. The Bertz CT molecular complexity index is 426. The van der Waals surface area contributed by atoms with Crippen LogP contribution >= 0.6 is 0 Å². The maximum Gasteiger partial charge on any atom is 0.451 e. The molecule has 1 aromatic heterocycles. The van der Waals surface area contributed by atoms with Crippen LogP contribution in [-0.2, 0) is 6.18 Å². The zero-order chi connectivity index (χ0) is 15.2. The van der Waals surface area contributed by atoms with Crippen LogP contribution in [0.4, 0.5) is 24.8 Å². The second-order valence-electron chi connectivity index (χ2n) is 4.31. The van der Waals surface area contributed by atoms with Gasteiger partial charge in [-0.2, -0.15) is 13.2 Å². The molecule has 0 aliphatic rings. The van der Waals surface area contributed by atoms with Gasteiger partial charge in [0, 0.05) is 19.2 Å². The third-order valence-electron chi connectivity index (χ3n) is 2.48. The smallest absolute Gasteiger partial charge is 0.391 e. The SMILES string of the molecule is CCCC(O)CNc1cc(NCC)nc(C(F)(F)F)n1. The summed E-state index contributed by atoms with van der Waals surface area (Å²) in [6.07, 6.45) is -3.86. The molecule has 0 amide bonds. The number of nitrogens with one attached hydrogen (secondary N) is 2. The van der Waals surface area contributed by atoms with Crippen LogP contribution < -0.4 is 10.6 Å². The van der Waals surface area contributed by atoms with Gasteiger partial charge in [0.2, 0.25) is 5.82 Å². The van der Waals surface area contributed by atoms with Crippen LogP contribution in [0.25, 0.3) is 0 Å². The molecule has 0 aromatic carbocycles. The average Bonchev–Trinajstić information content (AvgIpc) is 2.36. The minimum atomic E-state index is -4.61. The lowest BCUT2D eigenvalue weighted by Gasteiger charge is -2.14. The molecule has 0 aliphatic heterocycles. The van der Waals surface area contributed by atoms with Gasteiger partial charge in [0.05, 0.1) is 6.10 Å². The van der Waals surface area contributed by atoms with E-state index in [0.717, 1.165) is 6.42 Å². The topological polar surface area (TPSA) is 70.1 Å². The first-order chi connectivity index (χ1) is 9.36. The van der Waals surface area contributed by atoms with Crippen molar-refractivity contribution in [1.29, 1.82) is 0 Å². The van der Waals surface area contributed by atoms with Gasteiger partial charge in [0.15, 0.2) is 0 Å². The van der Waals surface area contributed by atoms with Crippen LogP contribution in [0, 0.1) is 0 Å². The number of hydrogen-bond acceptors (Lipinski definition) is 5. The Hall–Kier alpha value is -1.57. The van der Waals surface area contributed by atoms with Gasteiger partial charge in [-0.15, -0.1) is 0 Å². The molecular weight excluding hydrogens is 273 g/mol. The fourth-order valence-electron chi connectivity index (χ4n) is 1.59. The normalized spacial score (nSPS) is 13.1. The third-order valence-corrected chi connectivity index (χ3v) is 2.48. The standard InChI is InChI=1S/C12H19F3N4O/c1-3-5-8(20)7-17-10-6-9(16-4-2)18-11(19-10)12(13,14)15/h6,8,20H,3-5,7H2,1-2H3,(H2,16,17,18,19). The van der Waals surface area contributed by atoms with Crippen molar-refractivity contribution in [2.24, 2.45) is 0 Å². The van der Waals surface area contributed by atoms with Gasteiger partial charge in [-0.1, -0.05) is 13.3 Å². The number of alkyl halides is 3. The third kappa shape index (κ3) is 5.20. The van der Waals surface area contributed by atoms with E-state index in [9.17, 15) is 18.3 Å². The number of nitrogens with zero attached hydrogens (tertiary/aromatic N) is 2. The summed E-state index contributed by atoms with van der Waals surface area (Å²) in [5, 5.41) is 15.0. The molecule has 20 heavy (non-hydrogen) atoms. The highest BCUT2D eigenvalue weighted by molar-refractivity contribution is 5.47. The summed E-state index contributed by atoms with van der Waals surface area (Å²) >= 11 is 0. The molecule has 8 heteroatoms. The Morgan fingerprint density at radius 3 is 2.30 bits per heavy atom. The Balaban J connectivity index is 2.86. The highest BCUT2D eigenvalue weighted by Gasteiger charge is 2.35. The van der Waals surface area contributed by atoms with Crippen molar-refractivity contribution in [3.05, 3.63) is 11.9 Å². The van der Waals surface area contributed by atoms with Gasteiger partial charge in [-0.05, 0) is 13.3 Å². The highest BCUT2D eigenvalue weighted by Crippen LogP contribution is 2.28. The van der Waals surface area contributed by atoms with E-state index in [2.05, 4.69) is 20.6 Å². The molecular formula is C12H19F3N4O. The van der Waals surface area contributed by atoms with Gasteiger partial charge in [0.25, 0.3) is 0 Å². The molecule has 0 spiro atoms. The molecule has 0 aliphatic carbocycles. The second kappa shape index (κ2) is 7.28. The van der Waals surface area contributed by atoms with E-state index in [4.69, 9.17) is 0 Å². The first kappa shape index (κ1) is 16.5. The molecule has 1 unspecified atom stereocenters. The van der Waals surface area contributed by atoms with Crippen molar-refractivity contribution < 1.29 is 18.3 Å². The number of aliphatic hydroxyl groups excluding tert-OH is 1. The van der Waals surface area contributed by atoms with E-state index < -0.39 is 18.1 Å². The lowest BCUT2D eigenvalue weighted by Crippen LogP contribution is -2.21. The monoisotopic (exact) mass is 292 g/mol. The largest absolute Gasteiger partial charge is 0.451 e. The summed E-state index contributed by atoms with van der Waals surface area (Å²) in [4.78, 5) is 6.83. The lowest BCUT2D eigenvalue weighted by atomic mass is 10.2. The Morgan fingerprint density at radius 2 is 1.80 bits per heavy atom. The van der Waals surface area contributed by atoms with Crippen LogP contribution in [-0.4, -0.2) is 34.3 Å². The number of hydrogen-bond donors (Lipinski definition) is 3. The number of halogens is 3. The molecule has 1 heterocycles. The fraction of sp³-hybridized carbons (Fsp3) is 0.667. The first-order valence-electron chi connectivity index (χ1n) is 6.48. The molecule has 114 valence electrons. The van der Waals surface area contributed by atoms with Crippen LogP contribution in [0.15, 0.2) is 6.07 Å². The first-order valence-corrected chi connectivity index (χ1v) is 6.48. The minimum Gasteiger partial charge on any atom is -0.391 e. The molecule has 0 saturated heterocycles. The number of anilines is 2. The number of aromatic nitrogens is 2. The van der Waals surface area contributed by atoms with Crippen molar-refractivity contribution in [2.75, 3.05) is 23.7 Å². The van der Waals surface area contributed by atoms with Gasteiger partial charge < -0.3 is 15.7 Å². The molecule has 1 aromatic rings. The quantitative estimate of drug-likeness (QED) is 0.720. The lowest BCUT2D eigenvalue weighted by molar-refractivity contribution is -0.144. The molecule has 1 rings (SSSR count). The van der Waals surface area contributed by atoms with Gasteiger partial charge in [0.1, 0.15) is 11.6 Å². The van der Waals surface area contributed by atoms with E-state index in [1.54, 1.807) is 6.92 Å². The molecule has 0 fully saturated rings. The van der Waals surface area contributed by atoms with E-state index in [0.29, 0.717) is 13.0 Å². The fourth-order valence-corrected chi connectivity index (χ4v) is 1.59. The maximum atomic E-state index is 12.7. The molecule has 0 bridgehead atoms. The van der Waals surface area contributed by atoms with Gasteiger partial charge in [-0.3, -0.25) is 0 Å². The predicted octanol–water partition coefficient (Wildman–Crippen LogP) is 2.50. The Morgan fingerprint density at radius 1 is 1.20 bits per heavy atom. The van der Waals surface area contributed by atoms with E-state index in [-0.39, 0.29) is 18.2 Å². The molecule has 5 nitrogen and oxygen atoms in total. The van der Waals surface area contributed by atoms with Gasteiger partial charge >= 0.3 is 6.18 Å². The van der Waals surface area contributed by atoms with E-state index >= 15 is 0 Å². The van der Waals surface area contributed by atoms with Crippen molar-refractivity contribution >= 4 is 11.6 Å². The van der Waals surface area contributed by atoms with Crippen LogP contribution in [0.5, 0.6) is 0 Å². The molecule has 1 atom stereocenters. The molecule has 0 saturated carbocycles. The van der Waals surface area contributed by atoms with Crippen LogP contribution in [0.1, 0.15) is 32.5 Å². The van der Waals surface area contributed by atoms with E-state index in [1.807, 2.05) is 6.92 Å². The average molecular weight is 292 g/mol. The summed E-state index contributed by atoms with van der Waals surface area (Å²) < 4.78 is 38.0. The summed E-state index contributed by atoms with van der Waals surface area (Å²) in [5.41, 5.74) is 0. The maximum absolute atomic E-state index is 12.7. The van der Waals surface area contributed by atoms with Crippen molar-refractivity contribution in [3.63, 3.8) is 0 Å². The zero-order valence-electron chi connectivity index (χ0n) is 11.5. The summed E-state index contributed by atoms with van der Waals surface area (Å²) in [7, 11) is 0. The van der Waals surface area contributed by atoms with Gasteiger partial charge in [-0.25, -0.2) is 9.97 Å². The Labute approximate surface area is 115 Å². The highest BCUT2D eigenvalue weighted by atomic mass is 19.4. The van der Waals surface area contributed by atoms with Crippen molar-refractivity contribution in [3.8, 4) is 0 Å². The summed E-state index contributed by atoms with van der Waals surface area (Å²) in [5.74, 6) is -1.07. The number of rotatable bonds is 7. The Kier molecular flexibility index (Phi) is 6.00. The molecule has 0 radical (unpaired) electrons. The zero-order valence-corrected chi connectivity index (χ0v) is 11.5. The van der Waals surface area contributed by atoms with E-state index in [1.165, 1.54) is 6.07 Å². The summed E-state index contributed by atoms with van der Waals surface area (Å²) in [6.45, 7) is 4.27. The van der Waals surface area contributed by atoms with Crippen molar-refractivity contribution in [2.45, 2.75) is 39.0 Å².